The number of aromatic nitrogens is 5. The van der Waals surface area contributed by atoms with E-state index in [2.05, 4.69) is 30.5 Å². The molecule has 0 unspecified atom stereocenters. The maximum absolute atomic E-state index is 13.1. The fraction of sp³-hybridized carbons (Fsp3) is 0.464. The van der Waals surface area contributed by atoms with Crippen LogP contribution in [0, 0.1) is 0 Å². The molecule has 9 heteroatoms. The number of nitrogens with zero attached hydrogens (tertiary/aromatic N) is 5. The molecule has 1 amide bonds. The SMILES string of the molecule is O=C(NC1CCCCC1)c1cc2c(-c3nc(N4CCNCC4)c4c(C5CC5)cncc4n3)ccnc2[nH]1. The van der Waals surface area contributed by atoms with Crippen LogP contribution in [0.2, 0.25) is 0 Å². The van der Waals surface area contributed by atoms with Gasteiger partial charge in [0.15, 0.2) is 5.82 Å². The number of hydrogen-bond acceptors (Lipinski definition) is 7. The van der Waals surface area contributed by atoms with E-state index in [1.165, 1.54) is 37.7 Å². The molecule has 0 aromatic carbocycles. The third-order valence-corrected chi connectivity index (χ3v) is 8.01. The molecule has 4 aromatic heterocycles. The number of amides is 1. The number of aromatic amines is 1. The van der Waals surface area contributed by atoms with E-state index >= 15 is 0 Å². The van der Waals surface area contributed by atoms with Crippen molar-refractivity contribution in [2.75, 3.05) is 31.1 Å². The Kier molecular flexibility index (Phi) is 5.72. The lowest BCUT2D eigenvalue weighted by Gasteiger charge is -2.30. The highest BCUT2D eigenvalue weighted by molar-refractivity contribution is 6.02. The summed E-state index contributed by atoms with van der Waals surface area (Å²) in [6, 6.07) is 4.09. The average molecular weight is 497 g/mol. The first-order valence-corrected chi connectivity index (χ1v) is 13.6. The van der Waals surface area contributed by atoms with Gasteiger partial charge in [-0.25, -0.2) is 15.0 Å². The number of nitrogens with one attached hydrogen (secondary N) is 3. The number of pyridine rings is 2. The number of anilines is 1. The Bertz CT molecular complexity index is 1460. The number of fused-ring (bicyclic) bond motifs is 2. The number of hydrogen-bond donors (Lipinski definition) is 3. The van der Waals surface area contributed by atoms with Crippen molar-refractivity contribution in [3.63, 3.8) is 0 Å². The van der Waals surface area contributed by atoms with E-state index in [-0.39, 0.29) is 11.9 Å². The predicted octanol–water partition coefficient (Wildman–Crippen LogP) is 3.92. The molecule has 9 nitrogen and oxygen atoms in total. The molecule has 2 saturated carbocycles. The molecule has 0 bridgehead atoms. The number of rotatable bonds is 5. The van der Waals surface area contributed by atoms with Crippen molar-refractivity contribution < 1.29 is 4.79 Å². The predicted molar refractivity (Wildman–Crippen MR) is 144 cm³/mol. The molecule has 0 spiro atoms. The van der Waals surface area contributed by atoms with Crippen LogP contribution in [0.5, 0.6) is 0 Å². The molecule has 0 radical (unpaired) electrons. The summed E-state index contributed by atoms with van der Waals surface area (Å²) in [6.45, 7) is 3.67. The van der Waals surface area contributed by atoms with Crippen LogP contribution in [0.15, 0.2) is 30.7 Å². The molecule has 2 aliphatic carbocycles. The molecule has 4 aromatic rings. The summed E-state index contributed by atoms with van der Waals surface area (Å²) in [5.41, 5.74) is 4.21. The molecule has 1 saturated heterocycles. The molecule has 3 aliphatic rings. The lowest BCUT2D eigenvalue weighted by Crippen LogP contribution is -2.44. The van der Waals surface area contributed by atoms with Crippen molar-refractivity contribution in [3.05, 3.63) is 42.0 Å². The lowest BCUT2D eigenvalue weighted by atomic mass is 9.95. The van der Waals surface area contributed by atoms with Gasteiger partial charge in [-0.05, 0) is 49.3 Å². The van der Waals surface area contributed by atoms with Crippen LogP contribution in [-0.4, -0.2) is 63.0 Å². The highest BCUT2D eigenvalue weighted by Gasteiger charge is 2.29. The number of H-pyrrole nitrogens is 1. The highest BCUT2D eigenvalue weighted by atomic mass is 16.1. The second-order valence-corrected chi connectivity index (χ2v) is 10.6. The molecule has 37 heavy (non-hydrogen) atoms. The van der Waals surface area contributed by atoms with Gasteiger partial charge in [0.2, 0.25) is 0 Å². The Hall–Kier alpha value is -3.59. The van der Waals surface area contributed by atoms with E-state index in [0.717, 1.165) is 66.7 Å². The maximum atomic E-state index is 13.1. The maximum Gasteiger partial charge on any atom is 0.267 e. The third kappa shape index (κ3) is 4.31. The zero-order chi connectivity index (χ0) is 24.8. The summed E-state index contributed by atoms with van der Waals surface area (Å²) >= 11 is 0. The fourth-order valence-electron chi connectivity index (χ4n) is 5.87. The van der Waals surface area contributed by atoms with E-state index in [9.17, 15) is 4.79 Å². The summed E-state index contributed by atoms with van der Waals surface area (Å²) in [6.07, 6.45) is 13.7. The molecule has 3 fully saturated rings. The molecule has 190 valence electrons. The minimum atomic E-state index is -0.0740. The van der Waals surface area contributed by atoms with Gasteiger partial charge in [0.25, 0.3) is 5.91 Å². The van der Waals surface area contributed by atoms with Gasteiger partial charge < -0.3 is 20.5 Å². The van der Waals surface area contributed by atoms with Crippen molar-refractivity contribution >= 4 is 33.7 Å². The first-order chi connectivity index (χ1) is 18.2. The standard InChI is InChI=1S/C28H32N8O/c37-28(32-18-4-2-1-3-5-18)22-14-20-19(8-9-31-25(20)33-22)26-34-23-16-30-15-21(17-6-7-17)24(23)27(35-26)36-12-10-29-11-13-36/h8-9,14-18,29H,1-7,10-13H2,(H,31,33)(H,32,37). The van der Waals surface area contributed by atoms with Crippen LogP contribution in [0.3, 0.4) is 0 Å². The Balaban J connectivity index is 1.31. The molecule has 1 aliphatic heterocycles. The Morgan fingerprint density at radius 2 is 1.86 bits per heavy atom. The van der Waals surface area contributed by atoms with Crippen molar-refractivity contribution in [3.8, 4) is 11.4 Å². The summed E-state index contributed by atoms with van der Waals surface area (Å²) in [4.78, 5) is 37.9. The second-order valence-electron chi connectivity index (χ2n) is 10.6. The fourth-order valence-corrected chi connectivity index (χ4v) is 5.87. The minimum Gasteiger partial charge on any atom is -0.353 e. The van der Waals surface area contributed by atoms with Crippen molar-refractivity contribution in [1.82, 2.24) is 35.6 Å². The van der Waals surface area contributed by atoms with Crippen LogP contribution >= 0.6 is 0 Å². The number of carbonyl (C=O) groups is 1. The smallest absolute Gasteiger partial charge is 0.267 e. The zero-order valence-corrected chi connectivity index (χ0v) is 21.0. The van der Waals surface area contributed by atoms with Gasteiger partial charge in [-0.2, -0.15) is 0 Å². The Morgan fingerprint density at radius 3 is 2.68 bits per heavy atom. The second kappa shape index (κ2) is 9.37. The molecule has 0 atom stereocenters. The number of piperazine rings is 1. The van der Waals surface area contributed by atoms with E-state index in [0.29, 0.717) is 23.1 Å². The van der Waals surface area contributed by atoms with Gasteiger partial charge in [-0.15, -0.1) is 0 Å². The van der Waals surface area contributed by atoms with Gasteiger partial charge >= 0.3 is 0 Å². The van der Waals surface area contributed by atoms with Crippen LogP contribution in [-0.2, 0) is 0 Å². The van der Waals surface area contributed by atoms with Crippen LogP contribution in [0.25, 0.3) is 33.3 Å². The topological polar surface area (TPSA) is 112 Å². The minimum absolute atomic E-state index is 0.0740. The third-order valence-electron chi connectivity index (χ3n) is 8.01. The van der Waals surface area contributed by atoms with Gasteiger partial charge in [0, 0.05) is 61.0 Å². The van der Waals surface area contributed by atoms with Crippen LogP contribution in [0.1, 0.15) is 66.9 Å². The Labute approximate surface area is 215 Å². The lowest BCUT2D eigenvalue weighted by molar-refractivity contribution is 0.0923. The van der Waals surface area contributed by atoms with Gasteiger partial charge in [0.1, 0.15) is 17.2 Å². The van der Waals surface area contributed by atoms with Crippen molar-refractivity contribution in [2.24, 2.45) is 0 Å². The number of carbonyl (C=O) groups excluding carboxylic acids is 1. The summed E-state index contributed by atoms with van der Waals surface area (Å²) < 4.78 is 0. The van der Waals surface area contributed by atoms with Crippen molar-refractivity contribution in [2.45, 2.75) is 56.9 Å². The van der Waals surface area contributed by atoms with Gasteiger partial charge in [-0.3, -0.25) is 9.78 Å². The van der Waals surface area contributed by atoms with Crippen LogP contribution in [0.4, 0.5) is 5.82 Å². The summed E-state index contributed by atoms with van der Waals surface area (Å²) in [5.74, 6) is 2.10. The molecule has 5 heterocycles. The molecular weight excluding hydrogens is 464 g/mol. The molecular formula is C28H32N8O. The summed E-state index contributed by atoms with van der Waals surface area (Å²) in [5, 5.41) is 8.64. The normalized spacial score (nSPS) is 19.0. The quantitative estimate of drug-likeness (QED) is 0.384. The van der Waals surface area contributed by atoms with E-state index in [1.807, 2.05) is 24.5 Å². The first kappa shape index (κ1) is 22.6. The van der Waals surface area contributed by atoms with Crippen molar-refractivity contribution in [1.29, 1.82) is 0 Å². The van der Waals surface area contributed by atoms with Crippen LogP contribution < -0.4 is 15.5 Å². The molecule has 3 N–H and O–H groups in total. The highest BCUT2D eigenvalue weighted by Crippen LogP contribution is 2.45. The first-order valence-electron chi connectivity index (χ1n) is 13.6. The zero-order valence-electron chi connectivity index (χ0n) is 21.0. The van der Waals surface area contributed by atoms with E-state index in [4.69, 9.17) is 9.97 Å². The largest absolute Gasteiger partial charge is 0.353 e. The average Bonchev–Trinajstić information content (AvgIpc) is 3.70. The van der Waals surface area contributed by atoms with E-state index in [1.54, 1.807) is 6.20 Å². The monoisotopic (exact) mass is 496 g/mol. The molecule has 7 rings (SSSR count). The Morgan fingerprint density at radius 1 is 1.03 bits per heavy atom. The van der Waals surface area contributed by atoms with Gasteiger partial charge in [-0.1, -0.05) is 19.3 Å². The van der Waals surface area contributed by atoms with Gasteiger partial charge in [0.05, 0.1) is 11.7 Å². The van der Waals surface area contributed by atoms with E-state index < -0.39 is 0 Å². The summed E-state index contributed by atoms with van der Waals surface area (Å²) in [7, 11) is 0.